The zero-order valence-corrected chi connectivity index (χ0v) is 12.0. The van der Waals surface area contributed by atoms with Crippen molar-refractivity contribution < 1.29 is 4.79 Å². The minimum atomic E-state index is -0.137. The molecule has 0 aromatic carbocycles. The summed E-state index contributed by atoms with van der Waals surface area (Å²) >= 11 is 1.95. The molecule has 1 aliphatic heterocycles. The topological polar surface area (TPSA) is 66.9 Å². The number of rotatable bonds is 5. The number of nitrogens with one attached hydrogen (secondary N) is 2. The summed E-state index contributed by atoms with van der Waals surface area (Å²) in [6.45, 7) is 3.50. The van der Waals surface area contributed by atoms with Crippen LogP contribution in [0.4, 0.5) is 5.82 Å². The summed E-state index contributed by atoms with van der Waals surface area (Å²) in [5.41, 5.74) is 0.377. The van der Waals surface area contributed by atoms with Crippen molar-refractivity contribution in [3.8, 4) is 0 Å². The molecule has 2 N–H and O–H groups in total. The molecule has 0 saturated carbocycles. The maximum atomic E-state index is 11.9. The molecule has 6 heteroatoms. The van der Waals surface area contributed by atoms with Crippen molar-refractivity contribution in [2.24, 2.45) is 0 Å². The van der Waals surface area contributed by atoms with Crippen LogP contribution >= 0.6 is 11.8 Å². The van der Waals surface area contributed by atoms with Gasteiger partial charge in [-0.2, -0.15) is 11.8 Å². The van der Waals surface area contributed by atoms with Gasteiger partial charge in [0.1, 0.15) is 5.82 Å². The molecule has 0 spiro atoms. The van der Waals surface area contributed by atoms with Crippen LogP contribution in [0.25, 0.3) is 0 Å². The Morgan fingerprint density at radius 3 is 2.95 bits per heavy atom. The first-order valence-electron chi connectivity index (χ1n) is 6.77. The Hall–Kier alpha value is -1.30. The largest absolute Gasteiger partial charge is 0.369 e. The van der Waals surface area contributed by atoms with Crippen molar-refractivity contribution in [3.63, 3.8) is 0 Å². The number of anilines is 1. The molecular weight excluding hydrogens is 260 g/mol. The molecule has 1 amide bonds. The van der Waals surface area contributed by atoms with E-state index in [1.54, 1.807) is 12.1 Å². The van der Waals surface area contributed by atoms with Gasteiger partial charge in [0, 0.05) is 18.3 Å². The van der Waals surface area contributed by atoms with Gasteiger partial charge in [-0.05, 0) is 37.7 Å². The predicted molar refractivity (Wildman–Crippen MR) is 78.6 cm³/mol. The summed E-state index contributed by atoms with van der Waals surface area (Å²) in [6, 6.07) is 3.48. The van der Waals surface area contributed by atoms with E-state index in [-0.39, 0.29) is 5.91 Å². The van der Waals surface area contributed by atoms with Crippen LogP contribution in [0.5, 0.6) is 0 Å². The van der Waals surface area contributed by atoms with Gasteiger partial charge in [-0.1, -0.05) is 6.42 Å². The zero-order chi connectivity index (χ0) is 13.5. The second-order valence-corrected chi connectivity index (χ2v) is 5.94. The fraction of sp³-hybridized carbons (Fsp3) is 0.615. The van der Waals surface area contributed by atoms with E-state index in [9.17, 15) is 4.79 Å². The highest BCUT2D eigenvalue weighted by molar-refractivity contribution is 7.99. The number of hydrogen-bond donors (Lipinski definition) is 2. The number of hydrogen-bond acceptors (Lipinski definition) is 5. The van der Waals surface area contributed by atoms with Gasteiger partial charge in [0.15, 0.2) is 5.69 Å². The van der Waals surface area contributed by atoms with Gasteiger partial charge in [-0.3, -0.25) is 4.79 Å². The van der Waals surface area contributed by atoms with Gasteiger partial charge in [-0.25, -0.2) is 0 Å². The molecule has 0 radical (unpaired) electrons. The summed E-state index contributed by atoms with van der Waals surface area (Å²) in [4.78, 5) is 11.9. The molecule has 0 aliphatic carbocycles. The number of thioether (sulfide) groups is 1. The predicted octanol–water partition coefficient (Wildman–Crippen LogP) is 1.92. The van der Waals surface area contributed by atoms with Gasteiger partial charge in [0.2, 0.25) is 0 Å². The lowest BCUT2D eigenvalue weighted by atomic mass is 10.2. The number of carbonyl (C=O) groups excluding carboxylic acids is 1. The summed E-state index contributed by atoms with van der Waals surface area (Å²) in [5, 5.41) is 14.4. The molecule has 1 aromatic rings. The third kappa shape index (κ3) is 4.38. The van der Waals surface area contributed by atoms with E-state index < -0.39 is 0 Å². The Morgan fingerprint density at radius 2 is 2.32 bits per heavy atom. The van der Waals surface area contributed by atoms with Crippen molar-refractivity contribution in [2.45, 2.75) is 31.4 Å². The molecule has 1 saturated heterocycles. The summed E-state index contributed by atoms with van der Waals surface area (Å²) < 4.78 is 0. The molecule has 1 atom stereocenters. The zero-order valence-electron chi connectivity index (χ0n) is 11.2. The highest BCUT2D eigenvalue weighted by atomic mass is 32.2. The highest BCUT2D eigenvalue weighted by Crippen LogP contribution is 2.24. The SMILES string of the molecule is CCNc1ccc(C(=O)NCC2CCCCS2)nn1. The van der Waals surface area contributed by atoms with Crippen molar-refractivity contribution in [3.05, 3.63) is 17.8 Å². The maximum Gasteiger partial charge on any atom is 0.271 e. The maximum absolute atomic E-state index is 11.9. The van der Waals surface area contributed by atoms with Gasteiger partial charge < -0.3 is 10.6 Å². The highest BCUT2D eigenvalue weighted by Gasteiger charge is 2.15. The molecule has 1 aliphatic rings. The molecule has 2 heterocycles. The third-order valence-corrected chi connectivity index (χ3v) is 4.42. The molecule has 2 rings (SSSR count). The van der Waals surface area contributed by atoms with E-state index in [4.69, 9.17) is 0 Å². The molecule has 1 unspecified atom stereocenters. The molecule has 1 aromatic heterocycles. The van der Waals surface area contributed by atoms with Gasteiger partial charge in [0.05, 0.1) is 0 Å². The molecular formula is C13H20N4OS. The minimum Gasteiger partial charge on any atom is -0.369 e. The summed E-state index contributed by atoms with van der Waals surface area (Å²) in [7, 11) is 0. The molecule has 104 valence electrons. The van der Waals surface area contributed by atoms with E-state index in [0.29, 0.717) is 16.8 Å². The Kier molecular flexibility index (Phi) is 5.44. The van der Waals surface area contributed by atoms with Crippen LogP contribution in [0, 0.1) is 0 Å². The first kappa shape index (κ1) is 14.1. The lowest BCUT2D eigenvalue weighted by molar-refractivity contribution is 0.0947. The lowest BCUT2D eigenvalue weighted by Gasteiger charge is -2.21. The number of carbonyl (C=O) groups is 1. The van der Waals surface area contributed by atoms with Crippen molar-refractivity contribution >= 4 is 23.5 Å². The van der Waals surface area contributed by atoms with Crippen LogP contribution < -0.4 is 10.6 Å². The monoisotopic (exact) mass is 280 g/mol. The second kappa shape index (κ2) is 7.33. The van der Waals surface area contributed by atoms with E-state index in [1.807, 2.05) is 18.7 Å². The Bertz CT molecular complexity index is 404. The molecule has 1 fully saturated rings. The number of nitrogens with zero attached hydrogens (tertiary/aromatic N) is 2. The van der Waals surface area contributed by atoms with E-state index in [0.717, 1.165) is 13.1 Å². The second-order valence-electron chi connectivity index (χ2n) is 4.53. The van der Waals surface area contributed by atoms with Gasteiger partial charge >= 0.3 is 0 Å². The minimum absolute atomic E-state index is 0.137. The van der Waals surface area contributed by atoms with Crippen LogP contribution in [0.1, 0.15) is 36.7 Å². The van der Waals surface area contributed by atoms with Crippen LogP contribution in [0.15, 0.2) is 12.1 Å². The molecule has 5 nitrogen and oxygen atoms in total. The van der Waals surface area contributed by atoms with Gasteiger partial charge in [0.25, 0.3) is 5.91 Å². The van der Waals surface area contributed by atoms with Crippen molar-refractivity contribution in [1.82, 2.24) is 15.5 Å². The number of amides is 1. The van der Waals surface area contributed by atoms with Crippen LogP contribution in [-0.2, 0) is 0 Å². The fourth-order valence-corrected chi connectivity index (χ4v) is 3.23. The average Bonchev–Trinajstić information content (AvgIpc) is 2.47. The third-order valence-electron chi connectivity index (χ3n) is 3.02. The Labute approximate surface area is 118 Å². The molecule has 19 heavy (non-hydrogen) atoms. The van der Waals surface area contributed by atoms with Crippen LogP contribution in [0.3, 0.4) is 0 Å². The van der Waals surface area contributed by atoms with Crippen LogP contribution in [-0.4, -0.2) is 40.2 Å². The lowest BCUT2D eigenvalue weighted by Crippen LogP contribution is -2.32. The first-order chi connectivity index (χ1) is 9.29. The van der Waals surface area contributed by atoms with Crippen molar-refractivity contribution in [1.29, 1.82) is 0 Å². The van der Waals surface area contributed by atoms with Crippen molar-refractivity contribution in [2.75, 3.05) is 24.2 Å². The summed E-state index contributed by atoms with van der Waals surface area (Å²) in [5.74, 6) is 1.76. The number of aromatic nitrogens is 2. The normalized spacial score (nSPS) is 18.9. The van der Waals surface area contributed by atoms with E-state index in [2.05, 4.69) is 20.8 Å². The quantitative estimate of drug-likeness (QED) is 0.862. The first-order valence-corrected chi connectivity index (χ1v) is 7.82. The molecule has 0 bridgehead atoms. The van der Waals surface area contributed by atoms with Crippen LogP contribution in [0.2, 0.25) is 0 Å². The smallest absolute Gasteiger partial charge is 0.271 e. The standard InChI is InChI=1S/C13H20N4OS/c1-2-14-12-7-6-11(16-17-12)13(18)15-9-10-5-3-4-8-19-10/h6-7,10H,2-5,8-9H2,1H3,(H,14,17)(H,15,18). The Morgan fingerprint density at radius 1 is 1.42 bits per heavy atom. The Balaban J connectivity index is 1.81. The van der Waals surface area contributed by atoms with E-state index in [1.165, 1.54) is 25.0 Å². The summed E-state index contributed by atoms with van der Waals surface area (Å²) in [6.07, 6.45) is 3.76. The fourth-order valence-electron chi connectivity index (χ4n) is 1.99. The van der Waals surface area contributed by atoms with E-state index >= 15 is 0 Å². The average molecular weight is 280 g/mol. The van der Waals surface area contributed by atoms with Gasteiger partial charge in [-0.15, -0.1) is 10.2 Å².